The highest BCUT2D eigenvalue weighted by Gasteiger charge is 2.64. The van der Waals surface area contributed by atoms with Crippen molar-refractivity contribution in [1.82, 2.24) is 5.01 Å². The molecule has 132 valence electrons. The average molecular weight is 338 g/mol. The molecule has 1 amide bonds. The number of hydrazone groups is 1. The molecule has 0 radical (unpaired) electrons. The van der Waals surface area contributed by atoms with E-state index in [0.717, 1.165) is 0 Å². The Labute approximate surface area is 132 Å². The molecule has 0 spiro atoms. The van der Waals surface area contributed by atoms with E-state index in [1.807, 2.05) is 0 Å². The Bertz CT molecular complexity index is 523. The number of nitrogens with zero attached hydrogens (tertiary/aromatic N) is 2. The molecule has 0 aromatic rings. The zero-order valence-electron chi connectivity index (χ0n) is 13.7. The molecule has 1 heterocycles. The molecule has 1 aliphatic heterocycles. The lowest BCUT2D eigenvalue weighted by atomic mass is 9.99. The highest BCUT2D eigenvalue weighted by Crippen LogP contribution is 2.41. The smallest absolute Gasteiger partial charge is 0.438 e. The maximum Gasteiger partial charge on any atom is 0.438 e. The van der Waals surface area contributed by atoms with E-state index in [0.29, 0.717) is 0 Å². The van der Waals surface area contributed by atoms with Crippen molar-refractivity contribution in [1.29, 1.82) is 0 Å². The van der Waals surface area contributed by atoms with Crippen LogP contribution in [0, 0.1) is 5.92 Å². The van der Waals surface area contributed by atoms with Crippen LogP contribution >= 0.6 is 0 Å². The van der Waals surface area contributed by atoms with Gasteiger partial charge in [0, 0.05) is 12.1 Å². The van der Waals surface area contributed by atoms with Crippen LogP contribution in [-0.2, 0) is 14.3 Å². The van der Waals surface area contributed by atoms with E-state index >= 15 is 0 Å². The van der Waals surface area contributed by atoms with Gasteiger partial charge in [-0.1, -0.05) is 13.8 Å². The molecular weight excluding hydrogens is 317 g/mol. The summed E-state index contributed by atoms with van der Waals surface area (Å²) in [6, 6.07) is 0. The number of amides is 1. The number of aliphatic hydroxyl groups is 1. The second-order valence-electron chi connectivity index (χ2n) is 6.87. The molecule has 1 aliphatic rings. The number of hydrogen-bond donors (Lipinski definition) is 1. The summed E-state index contributed by atoms with van der Waals surface area (Å²) in [6.45, 7) is 7.91. The highest BCUT2D eigenvalue weighted by atomic mass is 19.4. The Balaban J connectivity index is 3.13. The fraction of sp³-hybridized carbons (Fsp3) is 0.786. The summed E-state index contributed by atoms with van der Waals surface area (Å²) in [5.41, 5.74) is -4.60. The van der Waals surface area contributed by atoms with Crippen molar-refractivity contribution < 1.29 is 32.6 Å². The van der Waals surface area contributed by atoms with Gasteiger partial charge in [0.15, 0.2) is 0 Å². The lowest BCUT2D eigenvalue weighted by molar-refractivity contribution is -0.302. The van der Waals surface area contributed by atoms with Crippen LogP contribution in [-0.4, -0.2) is 45.2 Å². The second-order valence-corrected chi connectivity index (χ2v) is 6.87. The number of esters is 1. The predicted octanol–water partition coefficient (Wildman–Crippen LogP) is 2.21. The first kappa shape index (κ1) is 19.4. The molecule has 0 saturated heterocycles. The number of carbonyl (C=O) groups is 2. The summed E-state index contributed by atoms with van der Waals surface area (Å²) in [7, 11) is 0. The van der Waals surface area contributed by atoms with Gasteiger partial charge in [0.25, 0.3) is 5.72 Å². The number of hydrogen-bond acceptors (Lipinski definition) is 5. The molecule has 1 rings (SSSR count). The van der Waals surface area contributed by atoms with Crippen LogP contribution in [0.25, 0.3) is 0 Å². The summed E-state index contributed by atoms with van der Waals surface area (Å²) in [6.07, 6.45) is -5.88. The lowest BCUT2D eigenvalue weighted by Gasteiger charge is -2.32. The molecule has 0 aromatic carbocycles. The maximum absolute atomic E-state index is 13.2. The Morgan fingerprint density at radius 1 is 1.35 bits per heavy atom. The number of ether oxygens (including phenoxy) is 1. The summed E-state index contributed by atoms with van der Waals surface area (Å²) in [5.74, 6) is -3.18. The third kappa shape index (κ3) is 4.43. The number of halogens is 3. The largest absolute Gasteiger partial charge is 0.453 e. The summed E-state index contributed by atoms with van der Waals surface area (Å²) in [4.78, 5) is 23.7. The minimum Gasteiger partial charge on any atom is -0.453 e. The Hall–Kier alpha value is -1.64. The summed E-state index contributed by atoms with van der Waals surface area (Å²) < 4.78 is 44.4. The monoisotopic (exact) mass is 338 g/mol. The van der Waals surface area contributed by atoms with E-state index in [-0.39, 0.29) is 23.1 Å². The van der Waals surface area contributed by atoms with Crippen molar-refractivity contribution in [3.8, 4) is 0 Å². The van der Waals surface area contributed by atoms with Gasteiger partial charge in [0.2, 0.25) is 0 Å². The SMILES string of the molecule is CC(C)CC1=NN(C(=O)C(=O)OC(C)(C)C)C(O)(C(F)(F)F)C1. The third-order valence-corrected chi connectivity index (χ3v) is 2.91. The normalized spacial score (nSPS) is 22.3. The van der Waals surface area contributed by atoms with Crippen molar-refractivity contribution in [2.24, 2.45) is 11.0 Å². The molecule has 1 atom stereocenters. The van der Waals surface area contributed by atoms with Gasteiger partial charge in [-0.05, 0) is 33.1 Å². The maximum atomic E-state index is 13.2. The van der Waals surface area contributed by atoms with Gasteiger partial charge >= 0.3 is 18.1 Å². The van der Waals surface area contributed by atoms with Crippen LogP contribution in [0.5, 0.6) is 0 Å². The van der Waals surface area contributed by atoms with Crippen LogP contribution in [0.1, 0.15) is 47.5 Å². The molecule has 6 nitrogen and oxygen atoms in total. The summed E-state index contributed by atoms with van der Waals surface area (Å²) in [5, 5.41) is 13.3. The first-order valence-electron chi connectivity index (χ1n) is 7.10. The molecule has 1 N–H and O–H groups in total. The predicted molar refractivity (Wildman–Crippen MR) is 75.2 cm³/mol. The van der Waals surface area contributed by atoms with Crippen LogP contribution in [0.3, 0.4) is 0 Å². The van der Waals surface area contributed by atoms with Gasteiger partial charge < -0.3 is 9.84 Å². The molecule has 1 unspecified atom stereocenters. The van der Waals surface area contributed by atoms with E-state index in [2.05, 4.69) is 5.10 Å². The van der Waals surface area contributed by atoms with Crippen molar-refractivity contribution in [3.05, 3.63) is 0 Å². The van der Waals surface area contributed by atoms with Crippen LogP contribution in [0.2, 0.25) is 0 Å². The topological polar surface area (TPSA) is 79.2 Å². The minimum absolute atomic E-state index is 0.00302. The molecule has 0 aromatic heterocycles. The average Bonchev–Trinajstić information content (AvgIpc) is 2.62. The Kier molecular flexibility index (Phi) is 5.15. The highest BCUT2D eigenvalue weighted by molar-refractivity contribution is 6.32. The van der Waals surface area contributed by atoms with Gasteiger partial charge in [-0.15, -0.1) is 0 Å². The molecule has 0 saturated carbocycles. The standard InChI is InChI=1S/C14H21F3N2O4/c1-8(2)6-9-7-13(22,14(15,16)17)19(18-9)10(20)11(21)23-12(3,4)5/h8,22H,6-7H2,1-5H3. The van der Waals surface area contributed by atoms with Crippen LogP contribution in [0.15, 0.2) is 5.10 Å². The van der Waals surface area contributed by atoms with Crippen LogP contribution in [0.4, 0.5) is 13.2 Å². The molecule has 23 heavy (non-hydrogen) atoms. The minimum atomic E-state index is -5.16. The zero-order chi connectivity index (χ0) is 18.2. The number of rotatable bonds is 2. The van der Waals surface area contributed by atoms with E-state index in [4.69, 9.17) is 4.74 Å². The quantitative estimate of drug-likeness (QED) is 0.618. The van der Waals surface area contributed by atoms with Gasteiger partial charge in [-0.25, -0.2) is 4.79 Å². The van der Waals surface area contributed by atoms with Gasteiger partial charge in [0.1, 0.15) is 5.60 Å². The van der Waals surface area contributed by atoms with Crippen molar-refractivity contribution in [2.75, 3.05) is 0 Å². The fourth-order valence-electron chi connectivity index (χ4n) is 2.05. The van der Waals surface area contributed by atoms with Gasteiger partial charge in [0.05, 0.1) is 0 Å². The van der Waals surface area contributed by atoms with E-state index in [1.54, 1.807) is 13.8 Å². The number of carbonyl (C=O) groups excluding carboxylic acids is 2. The first-order chi connectivity index (χ1) is 10.2. The fourth-order valence-corrected chi connectivity index (χ4v) is 2.05. The molecule has 0 bridgehead atoms. The van der Waals surface area contributed by atoms with Gasteiger partial charge in [-0.3, -0.25) is 4.79 Å². The van der Waals surface area contributed by atoms with E-state index < -0.39 is 35.8 Å². The zero-order valence-corrected chi connectivity index (χ0v) is 13.7. The molecular formula is C14H21F3N2O4. The molecule has 9 heteroatoms. The second kappa shape index (κ2) is 6.10. The molecule has 0 fully saturated rings. The van der Waals surface area contributed by atoms with Crippen molar-refractivity contribution in [3.63, 3.8) is 0 Å². The van der Waals surface area contributed by atoms with Crippen molar-refractivity contribution in [2.45, 2.75) is 65.0 Å². The number of alkyl halides is 3. The Morgan fingerprint density at radius 2 is 1.87 bits per heavy atom. The molecule has 0 aliphatic carbocycles. The van der Waals surface area contributed by atoms with E-state index in [1.165, 1.54) is 20.8 Å². The van der Waals surface area contributed by atoms with Crippen LogP contribution < -0.4 is 0 Å². The van der Waals surface area contributed by atoms with E-state index in [9.17, 15) is 27.9 Å². The van der Waals surface area contributed by atoms with Gasteiger partial charge in [-0.2, -0.15) is 23.3 Å². The third-order valence-electron chi connectivity index (χ3n) is 2.91. The Morgan fingerprint density at radius 3 is 2.26 bits per heavy atom. The van der Waals surface area contributed by atoms with Crippen molar-refractivity contribution >= 4 is 17.6 Å². The lowest BCUT2D eigenvalue weighted by Crippen LogP contribution is -2.58. The summed E-state index contributed by atoms with van der Waals surface area (Å²) >= 11 is 0. The first-order valence-corrected chi connectivity index (χ1v) is 7.10.